The maximum absolute atomic E-state index is 12.4. The van der Waals surface area contributed by atoms with Gasteiger partial charge in [-0.1, -0.05) is 0 Å². The van der Waals surface area contributed by atoms with E-state index in [0.717, 1.165) is 34.2 Å². The van der Waals surface area contributed by atoms with E-state index >= 15 is 0 Å². The molecule has 1 aromatic rings. The molecule has 9 nitrogen and oxygen atoms in total. The quantitative estimate of drug-likeness (QED) is 0.690. The number of nitrogens with zero attached hydrogens (tertiary/aromatic N) is 6. The molecule has 0 aliphatic carbocycles. The Hall–Kier alpha value is -3.93. The van der Waals surface area contributed by atoms with E-state index in [1.807, 2.05) is 0 Å². The Labute approximate surface area is 161 Å². The number of benzene rings is 1. The largest absolute Gasteiger partial charge is 0.573 e. The molecule has 1 saturated heterocycles. The molecule has 29 heavy (non-hydrogen) atoms. The van der Waals surface area contributed by atoms with E-state index in [9.17, 15) is 33.3 Å². The summed E-state index contributed by atoms with van der Waals surface area (Å²) in [5, 5.41) is 24.1. The van der Waals surface area contributed by atoms with Crippen molar-refractivity contribution in [3.63, 3.8) is 0 Å². The summed E-state index contributed by atoms with van der Waals surface area (Å²) in [5.74, 6) is -2.79. The van der Waals surface area contributed by atoms with Crippen molar-refractivity contribution in [2.75, 3.05) is 12.1 Å². The fraction of sp³-hybridized carbons (Fsp3) is 0.294. The number of fused-ring (bicyclic) bond motifs is 1. The Bertz CT molecular complexity index is 1020. The molecule has 1 aromatic carbocycles. The lowest BCUT2D eigenvalue weighted by atomic mass is 9.92. The molecule has 0 spiro atoms. The van der Waals surface area contributed by atoms with Crippen LogP contribution in [0.25, 0.3) is 0 Å². The lowest BCUT2D eigenvalue weighted by molar-refractivity contribution is -0.274. The van der Waals surface area contributed by atoms with Gasteiger partial charge in [-0.3, -0.25) is 14.5 Å². The first-order valence-corrected chi connectivity index (χ1v) is 8.02. The van der Waals surface area contributed by atoms with Gasteiger partial charge in [-0.25, -0.2) is 10.0 Å². The third kappa shape index (κ3) is 3.25. The van der Waals surface area contributed by atoms with Gasteiger partial charge in [0.2, 0.25) is 5.91 Å². The average Bonchev–Trinajstić information content (AvgIpc) is 2.69. The molecule has 2 aliphatic heterocycles. The molecule has 1 atom stereocenters. The number of anilines is 1. The average molecular weight is 404 g/mol. The SMILES string of the molecule is CC1C(=O)N(C)C(=O)C2=NN(c3ccc(OC(F)(F)F)cc3)C(C#N)(C#N)N=C21. The van der Waals surface area contributed by atoms with Crippen molar-refractivity contribution < 1.29 is 27.5 Å². The highest BCUT2D eigenvalue weighted by molar-refractivity contribution is 6.71. The Balaban J connectivity index is 2.09. The first kappa shape index (κ1) is 19.8. The number of carbonyl (C=O) groups excluding carboxylic acids is 2. The number of carbonyl (C=O) groups is 2. The van der Waals surface area contributed by atoms with Gasteiger partial charge in [0.1, 0.15) is 17.9 Å². The number of nitriles is 2. The maximum Gasteiger partial charge on any atom is 0.573 e. The van der Waals surface area contributed by atoms with Crippen LogP contribution in [0.2, 0.25) is 0 Å². The van der Waals surface area contributed by atoms with Crippen molar-refractivity contribution in [1.82, 2.24) is 4.90 Å². The number of rotatable bonds is 2. The topological polar surface area (TPSA) is 122 Å². The van der Waals surface area contributed by atoms with Gasteiger partial charge < -0.3 is 4.74 Å². The zero-order valence-corrected chi connectivity index (χ0v) is 14.9. The number of likely N-dealkylation sites (tertiary alicyclic amines) is 1. The highest BCUT2D eigenvalue weighted by Gasteiger charge is 2.49. The second kappa shape index (κ2) is 6.60. The molecule has 2 amide bonds. The van der Waals surface area contributed by atoms with Crippen molar-refractivity contribution in [3.8, 4) is 17.9 Å². The minimum atomic E-state index is -4.89. The number of piperidine rings is 1. The van der Waals surface area contributed by atoms with E-state index in [2.05, 4.69) is 14.8 Å². The van der Waals surface area contributed by atoms with Crippen molar-refractivity contribution in [2.24, 2.45) is 16.0 Å². The Morgan fingerprint density at radius 1 is 1.17 bits per heavy atom. The third-order valence-electron chi connectivity index (χ3n) is 4.28. The molecule has 0 aromatic heterocycles. The van der Waals surface area contributed by atoms with Crippen LogP contribution in [0.4, 0.5) is 18.9 Å². The van der Waals surface area contributed by atoms with Gasteiger partial charge in [0, 0.05) is 7.05 Å². The first-order chi connectivity index (χ1) is 13.5. The Morgan fingerprint density at radius 3 is 2.28 bits per heavy atom. The van der Waals surface area contributed by atoms with Crippen molar-refractivity contribution >= 4 is 28.9 Å². The Kier molecular flexibility index (Phi) is 4.51. The molecular weight excluding hydrogens is 393 g/mol. The summed E-state index contributed by atoms with van der Waals surface area (Å²) in [6, 6.07) is 7.54. The smallest absolute Gasteiger partial charge is 0.406 e. The first-order valence-electron chi connectivity index (χ1n) is 8.02. The number of hydrogen-bond donors (Lipinski definition) is 0. The van der Waals surface area contributed by atoms with Crippen LogP contribution in [0.1, 0.15) is 6.92 Å². The van der Waals surface area contributed by atoms with Crippen molar-refractivity contribution in [1.29, 1.82) is 10.5 Å². The lowest BCUT2D eigenvalue weighted by Crippen LogP contribution is -2.58. The summed E-state index contributed by atoms with van der Waals surface area (Å²) in [4.78, 5) is 29.5. The molecule has 3 rings (SSSR count). The molecule has 148 valence electrons. The van der Waals surface area contributed by atoms with Gasteiger partial charge in [-0.15, -0.1) is 13.2 Å². The number of amides is 2. The zero-order valence-electron chi connectivity index (χ0n) is 14.9. The monoisotopic (exact) mass is 404 g/mol. The van der Waals surface area contributed by atoms with E-state index in [1.165, 1.54) is 14.0 Å². The summed E-state index contributed by atoms with van der Waals surface area (Å²) in [7, 11) is 1.25. The van der Waals surface area contributed by atoms with Crippen molar-refractivity contribution in [2.45, 2.75) is 18.9 Å². The number of ether oxygens (including phenoxy) is 1. The standard InChI is InChI=1S/C17H11F3N6O3/c1-9-12-13(15(28)25(2)14(9)27)24-26(16(7-21,8-22)23-12)10-3-5-11(6-4-10)29-17(18,19)20/h3-6,9H,1-2H3. The van der Waals surface area contributed by atoms with Crippen LogP contribution < -0.4 is 9.75 Å². The minimum Gasteiger partial charge on any atom is -0.406 e. The Morgan fingerprint density at radius 2 is 1.76 bits per heavy atom. The van der Waals surface area contributed by atoms with Crippen LogP contribution >= 0.6 is 0 Å². The number of imide groups is 1. The zero-order chi connectivity index (χ0) is 21.6. The van der Waals surface area contributed by atoms with Crippen LogP contribution in [0.5, 0.6) is 5.75 Å². The van der Waals surface area contributed by atoms with Crippen LogP contribution in [0.3, 0.4) is 0 Å². The summed E-state index contributed by atoms with van der Waals surface area (Å²) < 4.78 is 40.8. The second-order valence-corrected chi connectivity index (χ2v) is 6.12. The molecule has 0 N–H and O–H groups in total. The van der Waals surface area contributed by atoms with Gasteiger partial charge in [0.15, 0.2) is 5.71 Å². The van der Waals surface area contributed by atoms with Gasteiger partial charge >= 0.3 is 12.0 Å². The van der Waals surface area contributed by atoms with Gasteiger partial charge in [0.25, 0.3) is 5.91 Å². The maximum atomic E-state index is 12.4. The highest BCUT2D eigenvalue weighted by Crippen LogP contribution is 2.33. The number of hydrazone groups is 1. The van der Waals surface area contributed by atoms with Crippen molar-refractivity contribution in [3.05, 3.63) is 24.3 Å². The van der Waals surface area contributed by atoms with E-state index in [0.29, 0.717) is 0 Å². The van der Waals surface area contributed by atoms with Crippen LogP contribution in [-0.4, -0.2) is 47.2 Å². The summed E-state index contributed by atoms with van der Waals surface area (Å²) in [5.41, 5.74) is -2.58. The lowest BCUT2D eigenvalue weighted by Gasteiger charge is -2.37. The fourth-order valence-electron chi connectivity index (χ4n) is 2.82. The molecule has 12 heteroatoms. The number of halogens is 3. The van der Waals surface area contributed by atoms with Gasteiger partial charge in [0.05, 0.1) is 17.3 Å². The van der Waals surface area contributed by atoms with E-state index < -0.39 is 35.5 Å². The molecule has 0 radical (unpaired) electrons. The van der Waals surface area contributed by atoms with Gasteiger partial charge in [-0.2, -0.15) is 15.6 Å². The van der Waals surface area contributed by atoms with Gasteiger partial charge in [-0.05, 0) is 31.2 Å². The van der Waals surface area contributed by atoms with Crippen LogP contribution in [-0.2, 0) is 9.59 Å². The number of hydrogen-bond acceptors (Lipinski definition) is 8. The normalized spacial score (nSPS) is 20.9. The highest BCUT2D eigenvalue weighted by atomic mass is 19.4. The minimum absolute atomic E-state index is 0.0120. The van der Waals surface area contributed by atoms with Crippen LogP contribution in [0.15, 0.2) is 34.4 Å². The number of aliphatic imine (C=N–C) groups is 1. The van der Waals surface area contributed by atoms with Crippen LogP contribution in [0, 0.1) is 28.6 Å². The van der Waals surface area contributed by atoms with E-state index in [-0.39, 0.29) is 17.1 Å². The predicted octanol–water partition coefficient (Wildman–Crippen LogP) is 1.58. The summed E-state index contributed by atoms with van der Waals surface area (Å²) in [6.45, 7) is 1.46. The molecule has 1 unspecified atom stereocenters. The molecule has 2 aliphatic rings. The molecule has 0 saturated carbocycles. The number of alkyl halides is 3. The fourth-order valence-corrected chi connectivity index (χ4v) is 2.82. The molecule has 0 bridgehead atoms. The molecule has 1 fully saturated rings. The summed E-state index contributed by atoms with van der Waals surface area (Å²) in [6.07, 6.45) is -4.89. The molecule has 2 heterocycles. The second-order valence-electron chi connectivity index (χ2n) is 6.12. The van der Waals surface area contributed by atoms with E-state index in [4.69, 9.17) is 0 Å². The summed E-state index contributed by atoms with van der Waals surface area (Å²) >= 11 is 0. The predicted molar refractivity (Wildman–Crippen MR) is 91.4 cm³/mol. The van der Waals surface area contributed by atoms with E-state index in [1.54, 1.807) is 12.1 Å². The third-order valence-corrected chi connectivity index (χ3v) is 4.28. The molecular formula is C17H11F3N6O3.